The zero-order valence-corrected chi connectivity index (χ0v) is 26.0. The van der Waals surface area contributed by atoms with Gasteiger partial charge >= 0.3 is 5.97 Å². The van der Waals surface area contributed by atoms with E-state index in [1.54, 1.807) is 36.4 Å². The predicted molar refractivity (Wildman–Crippen MR) is 172 cm³/mol. The van der Waals surface area contributed by atoms with Gasteiger partial charge in [0.05, 0.1) is 30.5 Å². The van der Waals surface area contributed by atoms with E-state index in [1.165, 1.54) is 19.4 Å². The topological polar surface area (TPSA) is 102 Å². The zero-order valence-electron chi connectivity index (χ0n) is 22.9. The summed E-state index contributed by atoms with van der Waals surface area (Å²) in [5.41, 5.74) is 5.85. The molecule has 11 heteroatoms. The normalized spacial score (nSPS) is 11.1. The molecule has 5 aromatic rings. The molecule has 1 amide bonds. The third-order valence-electron chi connectivity index (χ3n) is 6.35. The van der Waals surface area contributed by atoms with Crippen LogP contribution in [0.15, 0.2) is 88.4 Å². The van der Waals surface area contributed by atoms with Crippen LogP contribution < -0.4 is 19.6 Å². The van der Waals surface area contributed by atoms with Gasteiger partial charge in [0.15, 0.2) is 11.5 Å². The summed E-state index contributed by atoms with van der Waals surface area (Å²) < 4.78 is 17.4. The maximum Gasteiger partial charge on any atom is 0.347 e. The Morgan fingerprint density at radius 1 is 0.977 bits per heavy atom. The van der Waals surface area contributed by atoms with E-state index >= 15 is 0 Å². The SMILES string of the molecule is CCOc1cc(C=NNC(=O)c2[nH]c3c(Cl)cc(Br)cc3c2-c2ccccc2)ccc1OC(=O)c1cc(Cl)ccc1OC. The highest BCUT2D eigenvalue weighted by Gasteiger charge is 2.21. The molecule has 0 aliphatic rings. The minimum Gasteiger partial charge on any atom is -0.496 e. The van der Waals surface area contributed by atoms with Crippen molar-refractivity contribution in [1.82, 2.24) is 10.4 Å². The van der Waals surface area contributed by atoms with Crippen LogP contribution in [0.1, 0.15) is 33.3 Å². The smallest absolute Gasteiger partial charge is 0.347 e. The van der Waals surface area contributed by atoms with E-state index in [4.69, 9.17) is 37.4 Å². The maximum absolute atomic E-state index is 13.3. The first-order valence-corrected chi connectivity index (χ1v) is 14.6. The van der Waals surface area contributed by atoms with Gasteiger partial charge in [0.2, 0.25) is 0 Å². The Morgan fingerprint density at radius 3 is 2.49 bits per heavy atom. The minimum atomic E-state index is -0.659. The number of methoxy groups -OCH3 is 1. The lowest BCUT2D eigenvalue weighted by Gasteiger charge is -2.13. The Balaban J connectivity index is 1.38. The molecule has 0 spiro atoms. The average molecular weight is 681 g/mol. The molecule has 0 aliphatic carbocycles. The number of hydrogen-bond acceptors (Lipinski definition) is 6. The van der Waals surface area contributed by atoms with E-state index in [0.29, 0.717) is 50.5 Å². The lowest BCUT2D eigenvalue weighted by molar-refractivity contribution is 0.0724. The minimum absolute atomic E-state index is 0.172. The summed E-state index contributed by atoms with van der Waals surface area (Å²) in [6.07, 6.45) is 1.46. The van der Waals surface area contributed by atoms with E-state index in [9.17, 15) is 9.59 Å². The highest BCUT2D eigenvalue weighted by Crippen LogP contribution is 2.38. The molecule has 218 valence electrons. The predicted octanol–water partition coefficient (Wildman–Crippen LogP) is 8.29. The molecular formula is C32H24BrCl2N3O5. The number of nitrogens with zero attached hydrogens (tertiary/aromatic N) is 1. The van der Waals surface area contributed by atoms with Crippen molar-refractivity contribution in [3.05, 3.63) is 110 Å². The summed E-state index contributed by atoms with van der Waals surface area (Å²) in [4.78, 5) is 29.4. The number of amides is 1. The molecule has 2 N–H and O–H groups in total. The number of hydrogen-bond donors (Lipinski definition) is 2. The van der Waals surface area contributed by atoms with E-state index in [2.05, 4.69) is 31.4 Å². The van der Waals surface area contributed by atoms with Crippen molar-refractivity contribution >= 4 is 68.1 Å². The van der Waals surface area contributed by atoms with Gasteiger partial charge < -0.3 is 19.2 Å². The summed E-state index contributed by atoms with van der Waals surface area (Å²) in [7, 11) is 1.45. The number of H-pyrrole nitrogens is 1. The Morgan fingerprint density at radius 2 is 1.74 bits per heavy atom. The van der Waals surface area contributed by atoms with Gasteiger partial charge in [0.1, 0.15) is 17.0 Å². The fourth-order valence-corrected chi connectivity index (χ4v) is 5.50. The average Bonchev–Trinajstić information content (AvgIpc) is 3.39. The molecule has 0 unspecified atom stereocenters. The van der Waals surface area contributed by atoms with Crippen LogP contribution in [0.25, 0.3) is 22.0 Å². The standard InChI is InChI=1S/C32H24BrCl2N3O5/c1-3-42-27-13-18(9-11-26(27)43-32(40)22-16-21(34)10-12-25(22)41-2)17-36-38-31(39)30-28(19-7-5-4-6-8-19)23-14-20(33)15-24(35)29(23)37-30/h4-17,37H,3H2,1-2H3,(H,38,39). The van der Waals surface area contributed by atoms with Crippen molar-refractivity contribution in [3.8, 4) is 28.4 Å². The molecule has 0 radical (unpaired) electrons. The Bertz CT molecular complexity index is 1860. The zero-order chi connectivity index (χ0) is 30.5. The van der Waals surface area contributed by atoms with Gasteiger partial charge in [0.25, 0.3) is 5.91 Å². The van der Waals surface area contributed by atoms with Crippen LogP contribution >= 0.6 is 39.1 Å². The third-order valence-corrected chi connectivity index (χ3v) is 7.34. The molecule has 43 heavy (non-hydrogen) atoms. The number of esters is 1. The lowest BCUT2D eigenvalue weighted by Crippen LogP contribution is -2.18. The van der Waals surface area contributed by atoms with Gasteiger partial charge in [-0.3, -0.25) is 4.79 Å². The molecule has 0 aliphatic heterocycles. The molecule has 5 rings (SSSR count). The van der Waals surface area contributed by atoms with Gasteiger partial charge in [-0.25, -0.2) is 10.2 Å². The number of benzene rings is 4. The monoisotopic (exact) mass is 679 g/mol. The number of nitrogens with one attached hydrogen (secondary N) is 2. The number of carbonyl (C=O) groups is 2. The summed E-state index contributed by atoms with van der Waals surface area (Å²) >= 11 is 16.0. The second kappa shape index (κ2) is 13.3. The molecule has 0 bridgehead atoms. The van der Waals surface area contributed by atoms with Gasteiger partial charge in [-0.05, 0) is 66.6 Å². The summed E-state index contributed by atoms with van der Waals surface area (Å²) in [5.74, 6) is -0.275. The maximum atomic E-state index is 13.3. The highest BCUT2D eigenvalue weighted by atomic mass is 79.9. The van der Waals surface area contributed by atoms with Crippen molar-refractivity contribution in [1.29, 1.82) is 0 Å². The van der Waals surface area contributed by atoms with Crippen LogP contribution in [0, 0.1) is 0 Å². The molecule has 0 saturated heterocycles. The third kappa shape index (κ3) is 6.69. The molecule has 8 nitrogen and oxygen atoms in total. The molecule has 0 saturated carbocycles. The first-order valence-electron chi connectivity index (χ1n) is 13.0. The largest absolute Gasteiger partial charge is 0.496 e. The van der Waals surface area contributed by atoms with Crippen molar-refractivity contribution in [3.63, 3.8) is 0 Å². The number of carbonyl (C=O) groups excluding carboxylic acids is 2. The van der Waals surface area contributed by atoms with E-state index in [0.717, 1.165) is 15.4 Å². The van der Waals surface area contributed by atoms with Crippen molar-refractivity contribution in [2.45, 2.75) is 6.92 Å². The number of aromatic nitrogens is 1. The molecule has 0 fully saturated rings. The van der Waals surface area contributed by atoms with Crippen LogP contribution in [0.3, 0.4) is 0 Å². The van der Waals surface area contributed by atoms with Gasteiger partial charge in [-0.15, -0.1) is 0 Å². The van der Waals surface area contributed by atoms with Crippen LogP contribution in [0.4, 0.5) is 0 Å². The second-order valence-electron chi connectivity index (χ2n) is 9.12. The quantitative estimate of drug-likeness (QED) is 0.0706. The van der Waals surface area contributed by atoms with E-state index in [-0.39, 0.29) is 11.3 Å². The van der Waals surface area contributed by atoms with E-state index < -0.39 is 11.9 Å². The number of hydrazone groups is 1. The fourth-order valence-electron chi connectivity index (χ4n) is 4.47. The van der Waals surface area contributed by atoms with Crippen LogP contribution in [0.5, 0.6) is 17.2 Å². The van der Waals surface area contributed by atoms with Crippen LogP contribution in [-0.2, 0) is 0 Å². The molecule has 1 heterocycles. The summed E-state index contributed by atoms with van der Waals surface area (Å²) in [5, 5.41) is 5.79. The number of halogens is 3. The van der Waals surface area contributed by atoms with Crippen molar-refractivity contribution in [2.24, 2.45) is 5.10 Å². The van der Waals surface area contributed by atoms with E-state index in [1.807, 2.05) is 43.3 Å². The Labute approximate surface area is 265 Å². The fraction of sp³-hybridized carbons (Fsp3) is 0.0938. The first kappa shape index (κ1) is 30.2. The number of ether oxygens (including phenoxy) is 3. The van der Waals surface area contributed by atoms with Gasteiger partial charge in [-0.1, -0.05) is 69.5 Å². The molecule has 1 aromatic heterocycles. The van der Waals surface area contributed by atoms with Crippen molar-refractivity contribution in [2.75, 3.05) is 13.7 Å². The number of aromatic amines is 1. The number of rotatable bonds is 9. The molecule has 0 atom stereocenters. The second-order valence-corrected chi connectivity index (χ2v) is 10.9. The summed E-state index contributed by atoms with van der Waals surface area (Å²) in [6, 6.07) is 22.8. The highest BCUT2D eigenvalue weighted by molar-refractivity contribution is 9.10. The molecule has 4 aromatic carbocycles. The van der Waals surface area contributed by atoms with Crippen LogP contribution in [0.2, 0.25) is 10.0 Å². The number of fused-ring (bicyclic) bond motifs is 1. The molecular weight excluding hydrogens is 657 g/mol. The van der Waals surface area contributed by atoms with Crippen LogP contribution in [-0.4, -0.2) is 36.8 Å². The summed E-state index contributed by atoms with van der Waals surface area (Å²) in [6.45, 7) is 2.13. The Kier molecular flexibility index (Phi) is 9.35. The van der Waals surface area contributed by atoms with Crippen molar-refractivity contribution < 1.29 is 23.8 Å². The first-order chi connectivity index (χ1) is 20.8. The lowest BCUT2D eigenvalue weighted by atomic mass is 10.0. The van der Waals surface area contributed by atoms with Gasteiger partial charge in [-0.2, -0.15) is 5.10 Å². The van der Waals surface area contributed by atoms with Gasteiger partial charge in [0, 0.05) is 20.4 Å². The Hall–Kier alpha value is -4.31.